The predicted octanol–water partition coefficient (Wildman–Crippen LogP) is 2.88. The molecule has 1 aliphatic rings. The van der Waals surface area contributed by atoms with E-state index in [1.54, 1.807) is 0 Å². The van der Waals surface area contributed by atoms with Crippen LogP contribution in [0.5, 0.6) is 0 Å². The molecule has 1 N–H and O–H groups in total. The number of aryl methyl sites for hydroxylation is 2. The van der Waals surface area contributed by atoms with Gasteiger partial charge >= 0.3 is 0 Å². The third kappa shape index (κ3) is 2.20. The van der Waals surface area contributed by atoms with Crippen molar-refractivity contribution in [2.45, 2.75) is 46.7 Å². The fourth-order valence-electron chi connectivity index (χ4n) is 2.73. The highest BCUT2D eigenvalue weighted by atomic mass is 15.0. The molecule has 2 aromatic heterocycles. The molecular formula is C16H20N4. The Morgan fingerprint density at radius 2 is 1.95 bits per heavy atom. The zero-order valence-corrected chi connectivity index (χ0v) is 12.5. The normalized spacial score (nSPS) is 13.8. The average Bonchev–Trinajstić information content (AvgIpc) is 2.85. The minimum Gasteiger partial charge on any atom is -0.307 e. The second-order valence-electron chi connectivity index (χ2n) is 5.79. The van der Waals surface area contributed by atoms with E-state index >= 15 is 0 Å². The van der Waals surface area contributed by atoms with Crippen molar-refractivity contribution in [1.82, 2.24) is 20.3 Å². The van der Waals surface area contributed by atoms with Gasteiger partial charge in [-0.25, -0.2) is 9.97 Å². The van der Waals surface area contributed by atoms with Crippen LogP contribution in [-0.4, -0.2) is 15.0 Å². The van der Waals surface area contributed by atoms with Crippen molar-refractivity contribution in [2.24, 2.45) is 0 Å². The Bertz CT molecular complexity index is 662. The van der Waals surface area contributed by atoms with Crippen molar-refractivity contribution in [2.75, 3.05) is 0 Å². The lowest BCUT2D eigenvalue weighted by Crippen LogP contribution is -2.06. The van der Waals surface area contributed by atoms with Crippen LogP contribution >= 0.6 is 0 Å². The Kier molecular flexibility index (Phi) is 3.26. The highest BCUT2D eigenvalue weighted by Gasteiger charge is 2.21. The van der Waals surface area contributed by atoms with Gasteiger partial charge in [0.25, 0.3) is 0 Å². The van der Waals surface area contributed by atoms with Crippen molar-refractivity contribution in [1.29, 1.82) is 0 Å². The van der Waals surface area contributed by atoms with Crippen molar-refractivity contribution < 1.29 is 0 Å². The zero-order valence-electron chi connectivity index (χ0n) is 12.5. The van der Waals surface area contributed by atoms with Gasteiger partial charge in [0, 0.05) is 24.8 Å². The molecule has 4 nitrogen and oxygen atoms in total. The summed E-state index contributed by atoms with van der Waals surface area (Å²) in [6.07, 6.45) is 1.88. The van der Waals surface area contributed by atoms with E-state index in [0.29, 0.717) is 5.92 Å². The number of nitrogens with one attached hydrogen (secondary N) is 1. The van der Waals surface area contributed by atoms with Gasteiger partial charge in [0.15, 0.2) is 5.82 Å². The first-order chi connectivity index (χ1) is 9.56. The molecule has 0 aliphatic carbocycles. The van der Waals surface area contributed by atoms with Gasteiger partial charge < -0.3 is 5.32 Å². The number of fused-ring (bicyclic) bond motifs is 1. The molecule has 0 amide bonds. The minimum atomic E-state index is 0.399. The maximum atomic E-state index is 4.79. The van der Waals surface area contributed by atoms with E-state index in [9.17, 15) is 0 Å². The number of pyridine rings is 1. The lowest BCUT2D eigenvalue weighted by molar-refractivity contribution is 0.746. The zero-order chi connectivity index (χ0) is 14.3. The van der Waals surface area contributed by atoms with Crippen LogP contribution in [0.1, 0.15) is 47.8 Å². The SMILES string of the molecule is Cc1cnc(-c2nc3c(c(C(C)C)n2)CNC3)c(C)c1. The first-order valence-corrected chi connectivity index (χ1v) is 7.10. The molecule has 104 valence electrons. The number of hydrogen-bond donors (Lipinski definition) is 1. The standard InChI is InChI=1S/C16H20N4/c1-9(2)14-12-7-17-8-13(12)19-16(20-14)15-11(4)5-10(3)6-18-15/h5-6,9,17H,7-8H2,1-4H3. The molecule has 0 bridgehead atoms. The van der Waals surface area contributed by atoms with E-state index in [1.165, 1.54) is 5.56 Å². The van der Waals surface area contributed by atoms with E-state index in [2.05, 4.69) is 44.1 Å². The maximum absolute atomic E-state index is 4.79. The second-order valence-corrected chi connectivity index (χ2v) is 5.79. The summed E-state index contributed by atoms with van der Waals surface area (Å²) in [5.41, 5.74) is 6.74. The van der Waals surface area contributed by atoms with Crippen molar-refractivity contribution in [3.63, 3.8) is 0 Å². The molecule has 4 heteroatoms. The summed E-state index contributed by atoms with van der Waals surface area (Å²) in [5.74, 6) is 1.16. The fourth-order valence-corrected chi connectivity index (χ4v) is 2.73. The lowest BCUT2D eigenvalue weighted by atomic mass is 10.0. The van der Waals surface area contributed by atoms with E-state index in [0.717, 1.165) is 47.1 Å². The van der Waals surface area contributed by atoms with Gasteiger partial charge in [0.2, 0.25) is 0 Å². The van der Waals surface area contributed by atoms with Crippen LogP contribution < -0.4 is 5.32 Å². The van der Waals surface area contributed by atoms with Gasteiger partial charge in [-0.2, -0.15) is 0 Å². The molecule has 0 saturated heterocycles. The van der Waals surface area contributed by atoms with Gasteiger partial charge in [-0.15, -0.1) is 0 Å². The van der Waals surface area contributed by atoms with E-state index in [1.807, 2.05) is 6.20 Å². The average molecular weight is 268 g/mol. The lowest BCUT2D eigenvalue weighted by Gasteiger charge is -2.13. The summed E-state index contributed by atoms with van der Waals surface area (Å²) in [6, 6.07) is 2.13. The highest BCUT2D eigenvalue weighted by Crippen LogP contribution is 2.27. The molecule has 0 unspecified atom stereocenters. The fraction of sp³-hybridized carbons (Fsp3) is 0.438. The number of rotatable bonds is 2. The van der Waals surface area contributed by atoms with Crippen LogP contribution in [-0.2, 0) is 13.1 Å². The smallest absolute Gasteiger partial charge is 0.178 e. The molecule has 0 fully saturated rings. The highest BCUT2D eigenvalue weighted by molar-refractivity contribution is 5.56. The monoisotopic (exact) mass is 268 g/mol. The number of aromatic nitrogens is 3. The topological polar surface area (TPSA) is 50.7 Å². The maximum Gasteiger partial charge on any atom is 0.178 e. The predicted molar refractivity (Wildman–Crippen MR) is 79.4 cm³/mol. The van der Waals surface area contributed by atoms with Gasteiger partial charge in [-0.3, -0.25) is 4.98 Å². The van der Waals surface area contributed by atoms with Gasteiger partial charge in [-0.05, 0) is 30.9 Å². The van der Waals surface area contributed by atoms with Crippen molar-refractivity contribution >= 4 is 0 Å². The summed E-state index contributed by atoms with van der Waals surface area (Å²) in [7, 11) is 0. The Morgan fingerprint density at radius 3 is 2.65 bits per heavy atom. The first-order valence-electron chi connectivity index (χ1n) is 7.10. The second kappa shape index (κ2) is 4.94. The summed E-state index contributed by atoms with van der Waals surface area (Å²) < 4.78 is 0. The largest absolute Gasteiger partial charge is 0.307 e. The van der Waals surface area contributed by atoms with Gasteiger partial charge in [-0.1, -0.05) is 19.9 Å². The molecule has 3 heterocycles. The van der Waals surface area contributed by atoms with E-state index < -0.39 is 0 Å². The van der Waals surface area contributed by atoms with E-state index in [4.69, 9.17) is 9.97 Å². The molecule has 0 atom stereocenters. The first kappa shape index (κ1) is 13.2. The molecule has 0 aromatic carbocycles. The molecule has 0 saturated carbocycles. The Hall–Kier alpha value is -1.81. The van der Waals surface area contributed by atoms with Crippen LogP contribution in [0.4, 0.5) is 0 Å². The van der Waals surface area contributed by atoms with E-state index in [-0.39, 0.29) is 0 Å². The summed E-state index contributed by atoms with van der Waals surface area (Å²) in [4.78, 5) is 14.0. The molecular weight excluding hydrogens is 248 g/mol. The third-order valence-corrected chi connectivity index (χ3v) is 3.69. The summed E-state index contributed by atoms with van der Waals surface area (Å²) in [6.45, 7) is 10.2. The van der Waals surface area contributed by atoms with Crippen molar-refractivity contribution in [3.05, 3.63) is 40.3 Å². The van der Waals surface area contributed by atoms with Gasteiger partial charge in [0.1, 0.15) is 5.69 Å². The number of hydrogen-bond acceptors (Lipinski definition) is 4. The third-order valence-electron chi connectivity index (χ3n) is 3.69. The minimum absolute atomic E-state index is 0.399. The van der Waals surface area contributed by atoms with Crippen LogP contribution in [0.2, 0.25) is 0 Å². The molecule has 2 aromatic rings. The summed E-state index contributed by atoms with van der Waals surface area (Å²) in [5, 5.41) is 3.36. The quantitative estimate of drug-likeness (QED) is 0.910. The molecule has 1 aliphatic heterocycles. The van der Waals surface area contributed by atoms with Crippen LogP contribution in [0, 0.1) is 13.8 Å². The van der Waals surface area contributed by atoms with Crippen LogP contribution in [0.25, 0.3) is 11.5 Å². The molecule has 20 heavy (non-hydrogen) atoms. The summed E-state index contributed by atoms with van der Waals surface area (Å²) >= 11 is 0. The molecule has 3 rings (SSSR count). The number of nitrogens with zero attached hydrogens (tertiary/aromatic N) is 3. The van der Waals surface area contributed by atoms with Crippen LogP contribution in [0.15, 0.2) is 12.3 Å². The Balaban J connectivity index is 2.17. The molecule has 0 spiro atoms. The van der Waals surface area contributed by atoms with Gasteiger partial charge in [0.05, 0.1) is 11.4 Å². The van der Waals surface area contributed by atoms with Crippen molar-refractivity contribution in [3.8, 4) is 11.5 Å². The Morgan fingerprint density at radius 1 is 1.15 bits per heavy atom. The van der Waals surface area contributed by atoms with Crippen LogP contribution in [0.3, 0.4) is 0 Å². The Labute approximate surface area is 119 Å². The molecule has 0 radical (unpaired) electrons.